The molecule has 2 N–H and O–H groups in total. The summed E-state index contributed by atoms with van der Waals surface area (Å²) in [6, 6.07) is 19.7. The molecular weight excluding hydrogens is 256 g/mol. The highest BCUT2D eigenvalue weighted by Crippen LogP contribution is 2.36. The fraction of sp³-hybridized carbons (Fsp3) is 0.368. The Kier molecular flexibility index (Phi) is 3.98. The molecule has 0 saturated carbocycles. The first-order valence-electron chi connectivity index (χ1n) is 7.82. The number of benzene rings is 2. The van der Waals surface area contributed by atoms with Gasteiger partial charge in [-0.15, -0.1) is 0 Å². The minimum absolute atomic E-state index is 0.0887. The molecule has 0 aliphatic carbocycles. The van der Waals surface area contributed by atoms with Crippen LogP contribution in [-0.4, -0.2) is 12.6 Å². The summed E-state index contributed by atoms with van der Waals surface area (Å²) in [4.78, 5) is 2.50. The van der Waals surface area contributed by atoms with Crippen molar-refractivity contribution in [2.45, 2.75) is 32.4 Å². The third-order valence-corrected chi connectivity index (χ3v) is 4.35. The van der Waals surface area contributed by atoms with Crippen LogP contribution in [-0.2, 0) is 6.42 Å². The summed E-state index contributed by atoms with van der Waals surface area (Å²) in [6.45, 7) is 5.50. The van der Waals surface area contributed by atoms with Crippen LogP contribution in [0.3, 0.4) is 0 Å². The molecular formula is C19H24N2. The Balaban J connectivity index is 2.04. The van der Waals surface area contributed by atoms with Gasteiger partial charge in [0.1, 0.15) is 0 Å². The SMILES string of the molecule is CC1Cc2ccccc2N(C(c2ccccc2)C(C)N)C1. The molecule has 3 atom stereocenters. The number of rotatable bonds is 3. The highest BCUT2D eigenvalue weighted by atomic mass is 15.2. The van der Waals surface area contributed by atoms with Crippen molar-refractivity contribution in [3.63, 3.8) is 0 Å². The van der Waals surface area contributed by atoms with E-state index in [0.717, 1.165) is 13.0 Å². The average Bonchev–Trinajstić information content (AvgIpc) is 2.48. The molecule has 0 fully saturated rings. The van der Waals surface area contributed by atoms with Gasteiger partial charge in [0.05, 0.1) is 6.04 Å². The molecule has 0 radical (unpaired) electrons. The molecule has 2 aromatic carbocycles. The zero-order chi connectivity index (χ0) is 14.8. The topological polar surface area (TPSA) is 29.3 Å². The lowest BCUT2D eigenvalue weighted by Crippen LogP contribution is -2.44. The van der Waals surface area contributed by atoms with Gasteiger partial charge in [-0.1, -0.05) is 55.5 Å². The molecule has 0 saturated heterocycles. The Labute approximate surface area is 127 Å². The van der Waals surface area contributed by atoms with Crippen LogP contribution >= 0.6 is 0 Å². The molecule has 0 aromatic heterocycles. The Bertz CT molecular complexity index is 592. The second-order valence-electron chi connectivity index (χ2n) is 6.31. The maximum atomic E-state index is 6.36. The van der Waals surface area contributed by atoms with E-state index in [4.69, 9.17) is 5.73 Å². The van der Waals surface area contributed by atoms with E-state index in [1.54, 1.807) is 0 Å². The fourth-order valence-corrected chi connectivity index (χ4v) is 3.52. The van der Waals surface area contributed by atoms with Gasteiger partial charge < -0.3 is 10.6 Å². The van der Waals surface area contributed by atoms with Crippen molar-refractivity contribution in [1.29, 1.82) is 0 Å². The van der Waals surface area contributed by atoms with Gasteiger partial charge in [0, 0.05) is 18.3 Å². The van der Waals surface area contributed by atoms with Gasteiger partial charge in [-0.3, -0.25) is 0 Å². The molecule has 1 aliphatic heterocycles. The van der Waals surface area contributed by atoms with E-state index in [2.05, 4.69) is 73.3 Å². The van der Waals surface area contributed by atoms with Crippen molar-refractivity contribution in [3.05, 3.63) is 65.7 Å². The molecule has 2 heteroatoms. The number of fused-ring (bicyclic) bond motifs is 1. The van der Waals surface area contributed by atoms with E-state index >= 15 is 0 Å². The summed E-state index contributed by atoms with van der Waals surface area (Å²) in [6.07, 6.45) is 1.16. The first-order chi connectivity index (χ1) is 10.2. The van der Waals surface area contributed by atoms with E-state index in [1.807, 2.05) is 0 Å². The molecule has 1 heterocycles. The zero-order valence-corrected chi connectivity index (χ0v) is 12.9. The Hall–Kier alpha value is -1.80. The third kappa shape index (κ3) is 2.81. The van der Waals surface area contributed by atoms with Crippen LogP contribution < -0.4 is 10.6 Å². The van der Waals surface area contributed by atoms with Crippen LogP contribution in [0.2, 0.25) is 0 Å². The number of anilines is 1. The van der Waals surface area contributed by atoms with Gasteiger partial charge in [0.25, 0.3) is 0 Å². The first kappa shape index (κ1) is 14.2. The van der Waals surface area contributed by atoms with Gasteiger partial charge in [-0.2, -0.15) is 0 Å². The summed E-state index contributed by atoms with van der Waals surface area (Å²) < 4.78 is 0. The maximum absolute atomic E-state index is 6.36. The van der Waals surface area contributed by atoms with E-state index < -0.39 is 0 Å². The number of hydrogen-bond donors (Lipinski definition) is 1. The molecule has 2 nitrogen and oxygen atoms in total. The van der Waals surface area contributed by atoms with Crippen molar-refractivity contribution in [3.8, 4) is 0 Å². The smallest absolute Gasteiger partial charge is 0.0691 e. The van der Waals surface area contributed by atoms with Crippen molar-refractivity contribution in [2.75, 3.05) is 11.4 Å². The van der Waals surface area contributed by atoms with Crippen LogP contribution in [0.15, 0.2) is 54.6 Å². The van der Waals surface area contributed by atoms with Crippen LogP contribution in [0.1, 0.15) is 31.0 Å². The fourth-order valence-electron chi connectivity index (χ4n) is 3.52. The quantitative estimate of drug-likeness (QED) is 0.927. The lowest BCUT2D eigenvalue weighted by Gasteiger charge is -2.42. The van der Waals surface area contributed by atoms with Crippen LogP contribution in [0.25, 0.3) is 0 Å². The highest BCUT2D eigenvalue weighted by Gasteiger charge is 2.30. The van der Waals surface area contributed by atoms with Gasteiger partial charge >= 0.3 is 0 Å². The number of nitrogens with zero attached hydrogens (tertiary/aromatic N) is 1. The van der Waals surface area contributed by atoms with Crippen LogP contribution in [0.5, 0.6) is 0 Å². The summed E-state index contributed by atoms with van der Waals surface area (Å²) in [5.41, 5.74) is 10.5. The predicted molar refractivity (Wildman–Crippen MR) is 89.5 cm³/mol. The minimum atomic E-state index is 0.0887. The predicted octanol–water partition coefficient (Wildman–Crippen LogP) is 3.77. The molecule has 0 bridgehead atoms. The monoisotopic (exact) mass is 280 g/mol. The van der Waals surface area contributed by atoms with E-state index in [1.165, 1.54) is 16.8 Å². The summed E-state index contributed by atoms with van der Waals surface area (Å²) in [5, 5.41) is 0. The molecule has 21 heavy (non-hydrogen) atoms. The third-order valence-electron chi connectivity index (χ3n) is 4.35. The molecule has 3 rings (SSSR count). The van der Waals surface area contributed by atoms with E-state index in [0.29, 0.717) is 5.92 Å². The second-order valence-corrected chi connectivity index (χ2v) is 6.31. The van der Waals surface area contributed by atoms with E-state index in [9.17, 15) is 0 Å². The van der Waals surface area contributed by atoms with Crippen LogP contribution in [0.4, 0.5) is 5.69 Å². The lowest BCUT2D eigenvalue weighted by molar-refractivity contribution is 0.453. The molecule has 3 unspecified atom stereocenters. The normalized spacial score (nSPS) is 20.7. The Morgan fingerprint density at radius 3 is 2.43 bits per heavy atom. The molecule has 0 amide bonds. The molecule has 1 aliphatic rings. The largest absolute Gasteiger partial charge is 0.362 e. The summed E-state index contributed by atoms with van der Waals surface area (Å²) >= 11 is 0. The van der Waals surface area contributed by atoms with Gasteiger partial charge in [0.2, 0.25) is 0 Å². The molecule has 110 valence electrons. The van der Waals surface area contributed by atoms with Crippen LogP contribution in [0, 0.1) is 5.92 Å². The van der Waals surface area contributed by atoms with Gasteiger partial charge in [0.15, 0.2) is 0 Å². The lowest BCUT2D eigenvalue weighted by atomic mass is 9.89. The number of para-hydroxylation sites is 1. The maximum Gasteiger partial charge on any atom is 0.0691 e. The van der Waals surface area contributed by atoms with E-state index in [-0.39, 0.29) is 12.1 Å². The average molecular weight is 280 g/mol. The van der Waals surface area contributed by atoms with Crippen molar-refractivity contribution < 1.29 is 0 Å². The van der Waals surface area contributed by atoms with Gasteiger partial charge in [-0.25, -0.2) is 0 Å². The van der Waals surface area contributed by atoms with Gasteiger partial charge in [-0.05, 0) is 36.5 Å². The van der Waals surface area contributed by atoms with Crippen molar-refractivity contribution >= 4 is 5.69 Å². The second kappa shape index (κ2) is 5.90. The highest BCUT2D eigenvalue weighted by molar-refractivity contribution is 5.57. The molecule has 2 aromatic rings. The summed E-state index contributed by atoms with van der Waals surface area (Å²) in [5.74, 6) is 0.657. The molecule has 0 spiro atoms. The minimum Gasteiger partial charge on any atom is -0.362 e. The standard InChI is InChI=1S/C19H24N2/c1-14-12-17-10-6-7-11-18(17)21(13-14)19(15(2)20)16-8-4-3-5-9-16/h3-11,14-15,19H,12-13,20H2,1-2H3. The number of nitrogens with two attached hydrogens (primary N) is 1. The summed E-state index contributed by atoms with van der Waals surface area (Å²) in [7, 11) is 0. The zero-order valence-electron chi connectivity index (χ0n) is 12.9. The number of hydrogen-bond acceptors (Lipinski definition) is 2. The first-order valence-corrected chi connectivity index (χ1v) is 7.82. The van der Waals surface area contributed by atoms with Crippen molar-refractivity contribution in [2.24, 2.45) is 11.7 Å². The Morgan fingerprint density at radius 2 is 1.71 bits per heavy atom. The van der Waals surface area contributed by atoms with Crippen molar-refractivity contribution in [1.82, 2.24) is 0 Å². The Morgan fingerprint density at radius 1 is 1.05 bits per heavy atom.